The zero-order chi connectivity index (χ0) is 94.8. The maximum absolute atomic E-state index is 6.46. The number of aromatic nitrogens is 10. The Labute approximate surface area is 824 Å². The number of rotatable bonds is 15. The molecule has 672 valence electrons. The van der Waals surface area contributed by atoms with Crippen molar-refractivity contribution in [3.05, 3.63) is 509 Å². The molecule has 0 radical (unpaired) electrons. The van der Waals surface area contributed by atoms with E-state index >= 15 is 0 Å². The van der Waals surface area contributed by atoms with Gasteiger partial charge in [-0.1, -0.05) is 389 Å². The molecule has 0 amide bonds. The van der Waals surface area contributed by atoms with Crippen molar-refractivity contribution >= 4 is 120 Å². The predicted octanol–water partition coefficient (Wildman–Crippen LogP) is 34.1. The fourth-order valence-corrected chi connectivity index (χ4v) is 21.1. The van der Waals surface area contributed by atoms with E-state index in [1.807, 2.05) is 97.1 Å². The van der Waals surface area contributed by atoms with E-state index in [1.54, 1.807) is 0 Å². The van der Waals surface area contributed by atoms with Crippen LogP contribution < -0.4 is 0 Å². The molecule has 7 heterocycles. The van der Waals surface area contributed by atoms with Crippen molar-refractivity contribution in [1.29, 1.82) is 0 Å². The molecule has 0 unspecified atom stereocenters. The second kappa shape index (κ2) is 36.1. The molecule has 143 heavy (non-hydrogen) atoms. The molecule has 0 N–H and O–H groups in total. The molecular weight excluding hydrogens is 1740 g/mol. The maximum Gasteiger partial charge on any atom is 0.164 e. The number of nitrogens with zero attached hydrogens (tertiary/aromatic N) is 10. The molecule has 0 spiro atoms. The molecule has 7 aromatic heterocycles. The molecule has 21 aromatic carbocycles. The lowest BCUT2D eigenvalue weighted by Gasteiger charge is -2.18. The van der Waals surface area contributed by atoms with Crippen molar-refractivity contribution < 1.29 is 4.42 Å². The van der Waals surface area contributed by atoms with E-state index in [-0.39, 0.29) is 0 Å². The van der Waals surface area contributed by atoms with Crippen molar-refractivity contribution in [1.82, 2.24) is 48.2 Å². The first-order chi connectivity index (χ1) is 70.9. The summed E-state index contributed by atoms with van der Waals surface area (Å²) in [6, 6.07) is 178. The monoisotopic (exact) mass is 1830 g/mol. The van der Waals surface area contributed by atoms with Gasteiger partial charge in [0.1, 0.15) is 17.0 Å². The Hall–Kier alpha value is -19.1. The van der Waals surface area contributed by atoms with Crippen LogP contribution in [0.4, 0.5) is 0 Å². The van der Waals surface area contributed by atoms with Crippen LogP contribution in [0.5, 0.6) is 0 Å². The highest BCUT2D eigenvalue weighted by Gasteiger charge is 2.25. The number of hydrogen-bond donors (Lipinski definition) is 0. The maximum atomic E-state index is 6.46. The first kappa shape index (κ1) is 84.4. The van der Waals surface area contributed by atoms with Gasteiger partial charge in [0.05, 0.1) is 60.9 Å². The normalized spacial score (nSPS) is 11.6. The highest BCUT2D eigenvalue weighted by atomic mass is 16.3. The summed E-state index contributed by atoms with van der Waals surface area (Å²) >= 11 is 0. The number of fused-ring (bicyclic) bond motifs is 16. The van der Waals surface area contributed by atoms with Crippen molar-refractivity contribution in [2.45, 2.75) is 13.3 Å². The molecule has 0 bridgehead atoms. The summed E-state index contributed by atoms with van der Waals surface area (Å²) in [4.78, 5) is 30.1. The molecule has 0 aliphatic rings. The summed E-state index contributed by atoms with van der Waals surface area (Å²) in [6.45, 7) is 2.17. The van der Waals surface area contributed by atoms with Gasteiger partial charge in [-0.15, -0.1) is 0 Å². The van der Waals surface area contributed by atoms with E-state index in [4.69, 9.17) is 34.3 Å². The fourth-order valence-electron chi connectivity index (χ4n) is 21.1. The molecule has 0 fully saturated rings. The van der Waals surface area contributed by atoms with Gasteiger partial charge in [0.2, 0.25) is 0 Å². The van der Waals surface area contributed by atoms with Crippen LogP contribution >= 0.6 is 0 Å². The minimum atomic E-state index is 0.635. The number of para-hydroxylation sites is 8. The number of hydrogen-bond acceptors (Lipinski definition) is 7. The van der Waals surface area contributed by atoms with Gasteiger partial charge in [-0.3, -0.25) is 4.57 Å². The molecule has 28 rings (SSSR count). The van der Waals surface area contributed by atoms with Gasteiger partial charge in [-0.2, -0.15) is 0 Å². The zero-order valence-electron chi connectivity index (χ0n) is 78.0. The van der Waals surface area contributed by atoms with Crippen LogP contribution in [0.2, 0.25) is 0 Å². The van der Waals surface area contributed by atoms with Gasteiger partial charge in [0.25, 0.3) is 0 Å². The minimum Gasteiger partial charge on any atom is -0.455 e. The molecule has 0 atom stereocenters. The Balaban J connectivity index is 0.000000111. The Morgan fingerprint density at radius 1 is 0.189 bits per heavy atom. The second-order valence-corrected chi connectivity index (χ2v) is 36.2. The highest BCUT2D eigenvalue weighted by molar-refractivity contribution is 6.25. The third kappa shape index (κ3) is 15.3. The van der Waals surface area contributed by atoms with E-state index in [0.717, 1.165) is 157 Å². The van der Waals surface area contributed by atoms with E-state index < -0.39 is 0 Å². The first-order valence-electron chi connectivity index (χ1n) is 48.6. The third-order valence-corrected chi connectivity index (χ3v) is 27.8. The topological polar surface area (TPSA) is 110 Å². The number of imidazole rings is 1. The van der Waals surface area contributed by atoms with E-state index in [1.165, 1.54) is 87.6 Å². The summed E-state index contributed by atoms with van der Waals surface area (Å²) in [5.41, 5.74) is 32.5. The molecule has 0 saturated carbocycles. The van der Waals surface area contributed by atoms with Crippen molar-refractivity contribution in [2.75, 3.05) is 0 Å². The summed E-state index contributed by atoms with van der Waals surface area (Å²) in [5, 5.41) is 14.5. The average Bonchev–Trinajstić information content (AvgIpc) is 1.64. The van der Waals surface area contributed by atoms with Crippen molar-refractivity contribution in [3.8, 4) is 135 Å². The lowest BCUT2D eigenvalue weighted by Crippen LogP contribution is -2.01. The number of aryl methyl sites for hydroxylation is 1. The SMILES string of the molecule is CCc1nc2ccccc2n1-c1ccc(-c2c3ccccc3c(-c3ccc(-c4ccccc4)cc3)c3ccccc23)cc1.c1ccc(-c2ccc(-c3cc(-c4cc(-n5c6ccccc6c6ccccc65)cc(-n5c6ccccc6c6ccccc65)c4)nc(-c4ccccc4)n3)cc2)cc1.c1ccc(-c2nc(-c3ccccc3)nc(-c3ccc(-n4c5ccccc5c5c6oc7ccccc7c6ccc54)cc3)n2)cc1. The second-order valence-electron chi connectivity index (χ2n) is 36.2. The Morgan fingerprint density at radius 2 is 0.497 bits per heavy atom. The Bertz CT molecular complexity index is 9360. The summed E-state index contributed by atoms with van der Waals surface area (Å²) in [6.07, 6.45) is 0.875. The largest absolute Gasteiger partial charge is 0.455 e. The first-order valence-corrected chi connectivity index (χ1v) is 48.6. The van der Waals surface area contributed by atoms with Crippen molar-refractivity contribution in [2.24, 2.45) is 0 Å². The van der Waals surface area contributed by atoms with E-state index in [9.17, 15) is 0 Å². The summed E-state index contributed by atoms with van der Waals surface area (Å²) < 4.78 is 15.8. The van der Waals surface area contributed by atoms with Crippen LogP contribution in [0.3, 0.4) is 0 Å². The fraction of sp³-hybridized carbons (Fsp3) is 0.0152. The smallest absolute Gasteiger partial charge is 0.164 e. The lowest BCUT2D eigenvalue weighted by molar-refractivity contribution is 0.673. The standard InChI is InChI=1S/C52H34N4.C41H30N2.C39H24N4O/c1-3-15-35(16-4-1)36-27-29-37(30-28-36)46-34-47(54-52(53-46)38-17-5-2-6-18-38)39-31-40(55-48-23-11-7-19-42(48)43-20-8-12-24-49(43)55)33-41(32-39)56-50-25-13-9-21-44(50)45-22-10-14-26-51(45)56;1-2-39-42-37-18-10-11-19-38(37)43(39)32-26-24-31(25-27-32)41-35-16-8-6-14-33(35)40(34-15-7-9-17-36(34)41)30-22-20-29(21-23-30)28-12-4-3-5-13-28;1-3-11-25(12-4-1)37-40-38(26-13-5-2-6-14-26)42-39(41-37)27-19-21-28(22-20-27)43-32-17-9-7-16-31(32)35-33(43)24-23-30-29-15-8-10-18-34(29)44-36(30)35/h1-34H;3-27H,2H2,1H3;1-24H. The van der Waals surface area contributed by atoms with Crippen LogP contribution in [0, 0.1) is 0 Å². The molecule has 0 saturated heterocycles. The molecule has 0 aliphatic carbocycles. The van der Waals surface area contributed by atoms with Gasteiger partial charge in [0, 0.05) is 100 Å². The van der Waals surface area contributed by atoms with E-state index in [0.29, 0.717) is 23.3 Å². The number of furan rings is 1. The van der Waals surface area contributed by atoms with E-state index in [2.05, 4.69) is 432 Å². The van der Waals surface area contributed by atoms with Gasteiger partial charge in [0.15, 0.2) is 23.3 Å². The van der Waals surface area contributed by atoms with Crippen molar-refractivity contribution in [3.63, 3.8) is 0 Å². The van der Waals surface area contributed by atoms with Gasteiger partial charge < -0.3 is 18.1 Å². The Morgan fingerprint density at radius 3 is 0.937 bits per heavy atom. The third-order valence-electron chi connectivity index (χ3n) is 27.8. The van der Waals surface area contributed by atoms with Crippen LogP contribution in [-0.2, 0) is 6.42 Å². The lowest BCUT2D eigenvalue weighted by atomic mass is 9.85. The summed E-state index contributed by atoms with van der Waals surface area (Å²) in [7, 11) is 0. The van der Waals surface area contributed by atoms with Crippen LogP contribution in [-0.4, -0.2) is 48.2 Å². The molecular formula is C132H88N10O. The molecule has 0 aliphatic heterocycles. The molecule has 11 nitrogen and oxygen atoms in total. The molecule has 28 aromatic rings. The van der Waals surface area contributed by atoms with Gasteiger partial charge in [-0.25, -0.2) is 29.9 Å². The quantitative estimate of drug-likeness (QED) is 0.0940. The predicted molar refractivity (Wildman–Crippen MR) is 592 cm³/mol. The highest BCUT2D eigenvalue weighted by Crippen LogP contribution is 2.48. The average molecular weight is 1830 g/mol. The van der Waals surface area contributed by atoms with Crippen LogP contribution in [0.15, 0.2) is 508 Å². The van der Waals surface area contributed by atoms with Crippen LogP contribution in [0.1, 0.15) is 12.7 Å². The zero-order valence-corrected chi connectivity index (χ0v) is 78.0. The van der Waals surface area contributed by atoms with Gasteiger partial charge in [-0.05, 0) is 187 Å². The summed E-state index contributed by atoms with van der Waals surface area (Å²) in [5.74, 6) is 3.69. The molecule has 11 heteroatoms. The van der Waals surface area contributed by atoms with Gasteiger partial charge >= 0.3 is 0 Å². The Kier molecular flexibility index (Phi) is 21.3. The minimum absolute atomic E-state index is 0.635. The number of benzene rings is 21. The van der Waals surface area contributed by atoms with Crippen LogP contribution in [0.25, 0.3) is 255 Å².